The third-order valence-electron chi connectivity index (χ3n) is 3.64. The minimum Gasteiger partial charge on any atom is -0.447 e. The lowest BCUT2D eigenvalue weighted by atomic mass is 10.0. The molecule has 0 aromatic heterocycles. The number of cyclic esters (lactones) is 1. The molecule has 1 heterocycles. The number of amides is 2. The van der Waals surface area contributed by atoms with Crippen LogP contribution in [0.1, 0.15) is 25.0 Å². The van der Waals surface area contributed by atoms with Gasteiger partial charge < -0.3 is 4.74 Å². The van der Waals surface area contributed by atoms with Gasteiger partial charge in [0.25, 0.3) is 5.91 Å². The Morgan fingerprint density at radius 1 is 1.38 bits per heavy atom. The van der Waals surface area contributed by atoms with Crippen LogP contribution in [0, 0.1) is 11.7 Å². The number of hydrogen-bond donors (Lipinski definition) is 0. The van der Waals surface area contributed by atoms with Crippen LogP contribution in [-0.2, 0) is 15.7 Å². The molecule has 0 saturated carbocycles. The first-order chi connectivity index (χ1) is 11.1. The molecule has 130 valence electrons. The van der Waals surface area contributed by atoms with E-state index in [4.69, 9.17) is 4.74 Å². The zero-order valence-electron chi connectivity index (χ0n) is 12.9. The van der Waals surface area contributed by atoms with Gasteiger partial charge in [-0.3, -0.25) is 4.79 Å². The van der Waals surface area contributed by atoms with Crippen LogP contribution in [-0.4, -0.2) is 29.5 Å². The van der Waals surface area contributed by atoms with Crippen LogP contribution in [0.2, 0.25) is 0 Å². The molecule has 0 radical (unpaired) electrons. The first-order valence-electron chi connectivity index (χ1n) is 7.16. The summed E-state index contributed by atoms with van der Waals surface area (Å²) in [7, 11) is 0. The lowest BCUT2D eigenvalue weighted by Gasteiger charge is -2.21. The summed E-state index contributed by atoms with van der Waals surface area (Å²) in [5, 5.41) is 0. The molecule has 24 heavy (non-hydrogen) atoms. The number of benzene rings is 1. The number of rotatable bonds is 3. The van der Waals surface area contributed by atoms with E-state index in [0.29, 0.717) is 6.07 Å². The number of hydrogen-bond acceptors (Lipinski definition) is 3. The molecule has 0 aliphatic carbocycles. The number of ether oxygens (including phenoxy) is 1. The Labute approximate surface area is 135 Å². The number of alkyl halides is 3. The van der Waals surface area contributed by atoms with Crippen molar-refractivity contribution in [3.8, 4) is 0 Å². The van der Waals surface area contributed by atoms with Gasteiger partial charge in [-0.05, 0) is 29.7 Å². The lowest BCUT2D eigenvalue weighted by molar-refractivity contribution is -0.138. The first kappa shape index (κ1) is 18.0. The molecular formula is C16H15F4NO3. The third kappa shape index (κ3) is 3.74. The molecule has 1 aliphatic rings. The first-order valence-corrected chi connectivity index (χ1v) is 7.16. The fourth-order valence-corrected chi connectivity index (χ4v) is 2.34. The van der Waals surface area contributed by atoms with Crippen LogP contribution in [0.5, 0.6) is 0 Å². The molecule has 1 aromatic rings. The normalized spacial score (nSPS) is 18.5. The van der Waals surface area contributed by atoms with Crippen molar-refractivity contribution in [1.29, 1.82) is 0 Å². The predicted octanol–water partition coefficient (Wildman–Crippen LogP) is 3.86. The molecule has 2 rings (SSSR count). The Morgan fingerprint density at radius 2 is 2.04 bits per heavy atom. The van der Waals surface area contributed by atoms with Crippen molar-refractivity contribution < 1.29 is 31.9 Å². The highest BCUT2D eigenvalue weighted by atomic mass is 19.4. The van der Waals surface area contributed by atoms with E-state index in [1.165, 1.54) is 0 Å². The van der Waals surface area contributed by atoms with Gasteiger partial charge in [0, 0.05) is 6.08 Å². The molecule has 1 unspecified atom stereocenters. The largest absolute Gasteiger partial charge is 0.447 e. The van der Waals surface area contributed by atoms with E-state index in [9.17, 15) is 27.2 Å². The highest BCUT2D eigenvalue weighted by Gasteiger charge is 2.38. The summed E-state index contributed by atoms with van der Waals surface area (Å²) >= 11 is 0. The maximum atomic E-state index is 13.1. The van der Waals surface area contributed by atoms with Gasteiger partial charge in [-0.2, -0.15) is 13.2 Å². The average Bonchev–Trinajstić information content (AvgIpc) is 2.86. The molecule has 0 N–H and O–H groups in total. The summed E-state index contributed by atoms with van der Waals surface area (Å²) in [4.78, 5) is 24.7. The summed E-state index contributed by atoms with van der Waals surface area (Å²) in [5.74, 6) is -1.88. The van der Waals surface area contributed by atoms with Crippen molar-refractivity contribution in [3.63, 3.8) is 0 Å². The number of halogens is 4. The van der Waals surface area contributed by atoms with E-state index in [2.05, 4.69) is 0 Å². The SMILES string of the molecule is CC(C)C1COC(=O)N1C(=O)C=Cc1ccc(F)cc1C(F)(F)F. The quantitative estimate of drug-likeness (QED) is 0.617. The molecule has 2 amide bonds. The van der Waals surface area contributed by atoms with Crippen molar-refractivity contribution in [3.05, 3.63) is 41.2 Å². The van der Waals surface area contributed by atoms with Gasteiger partial charge in [0.15, 0.2) is 0 Å². The van der Waals surface area contributed by atoms with E-state index in [1.54, 1.807) is 13.8 Å². The topological polar surface area (TPSA) is 46.6 Å². The van der Waals surface area contributed by atoms with Crippen LogP contribution in [0.15, 0.2) is 24.3 Å². The Kier molecular flexibility index (Phi) is 4.96. The van der Waals surface area contributed by atoms with Crippen molar-refractivity contribution in [1.82, 2.24) is 4.90 Å². The monoisotopic (exact) mass is 345 g/mol. The number of carbonyl (C=O) groups is 2. The second kappa shape index (κ2) is 6.62. The fourth-order valence-electron chi connectivity index (χ4n) is 2.34. The second-order valence-electron chi connectivity index (χ2n) is 5.66. The van der Waals surface area contributed by atoms with Gasteiger partial charge in [0.2, 0.25) is 0 Å². The van der Waals surface area contributed by atoms with Crippen molar-refractivity contribution >= 4 is 18.1 Å². The molecule has 8 heteroatoms. The van der Waals surface area contributed by atoms with Gasteiger partial charge in [0.05, 0.1) is 11.6 Å². The summed E-state index contributed by atoms with van der Waals surface area (Å²) in [5.41, 5.74) is -1.57. The maximum Gasteiger partial charge on any atom is 0.417 e. The molecule has 0 spiro atoms. The minimum atomic E-state index is -4.77. The fraction of sp³-hybridized carbons (Fsp3) is 0.375. The molecule has 1 fully saturated rings. The van der Waals surface area contributed by atoms with E-state index < -0.39 is 35.6 Å². The highest BCUT2D eigenvalue weighted by Crippen LogP contribution is 2.33. The van der Waals surface area contributed by atoms with Gasteiger partial charge in [0.1, 0.15) is 12.4 Å². The van der Waals surface area contributed by atoms with Crippen LogP contribution < -0.4 is 0 Å². The van der Waals surface area contributed by atoms with Gasteiger partial charge in [-0.15, -0.1) is 0 Å². The summed E-state index contributed by atoms with van der Waals surface area (Å²) < 4.78 is 56.6. The smallest absolute Gasteiger partial charge is 0.417 e. The third-order valence-corrected chi connectivity index (χ3v) is 3.64. The van der Waals surface area contributed by atoms with E-state index in [-0.39, 0.29) is 18.1 Å². The predicted molar refractivity (Wildman–Crippen MR) is 77.3 cm³/mol. The number of carbonyl (C=O) groups excluding carboxylic acids is 2. The molecule has 1 aromatic carbocycles. The molecule has 4 nitrogen and oxygen atoms in total. The maximum absolute atomic E-state index is 13.1. The Balaban J connectivity index is 2.28. The molecule has 1 saturated heterocycles. The van der Waals surface area contributed by atoms with Crippen molar-refractivity contribution in [2.45, 2.75) is 26.1 Å². The molecule has 0 bridgehead atoms. The summed E-state index contributed by atoms with van der Waals surface area (Å²) in [6.45, 7) is 3.62. The van der Waals surface area contributed by atoms with Crippen LogP contribution >= 0.6 is 0 Å². The average molecular weight is 345 g/mol. The standard InChI is InChI=1S/C16H15F4NO3/c1-9(2)13-8-24-15(23)21(13)14(22)6-4-10-3-5-11(17)7-12(10)16(18,19)20/h3-7,9,13H,8H2,1-2H3. The van der Waals surface area contributed by atoms with E-state index in [1.807, 2.05) is 0 Å². The minimum absolute atomic E-state index is 0.0421. The number of imide groups is 1. The number of nitrogens with zero attached hydrogens (tertiary/aromatic N) is 1. The molecular weight excluding hydrogens is 330 g/mol. The summed E-state index contributed by atoms with van der Waals surface area (Å²) in [6, 6.07) is 1.65. The van der Waals surface area contributed by atoms with Crippen LogP contribution in [0.4, 0.5) is 22.4 Å². The lowest BCUT2D eigenvalue weighted by Crippen LogP contribution is -2.40. The zero-order chi connectivity index (χ0) is 18.1. The Hall–Kier alpha value is -2.38. The second-order valence-corrected chi connectivity index (χ2v) is 5.66. The van der Waals surface area contributed by atoms with E-state index in [0.717, 1.165) is 29.2 Å². The Bertz CT molecular complexity index is 682. The van der Waals surface area contributed by atoms with Crippen molar-refractivity contribution in [2.75, 3.05) is 6.61 Å². The zero-order valence-corrected chi connectivity index (χ0v) is 12.9. The van der Waals surface area contributed by atoms with Gasteiger partial charge in [-0.25, -0.2) is 14.1 Å². The van der Waals surface area contributed by atoms with Crippen LogP contribution in [0.3, 0.4) is 0 Å². The van der Waals surface area contributed by atoms with Gasteiger partial charge in [-0.1, -0.05) is 19.9 Å². The summed E-state index contributed by atoms with van der Waals surface area (Å²) in [6.07, 6.45) is -3.84. The van der Waals surface area contributed by atoms with Gasteiger partial charge >= 0.3 is 12.3 Å². The van der Waals surface area contributed by atoms with E-state index >= 15 is 0 Å². The molecule has 1 atom stereocenters. The Morgan fingerprint density at radius 3 is 2.62 bits per heavy atom. The van der Waals surface area contributed by atoms with Crippen molar-refractivity contribution in [2.24, 2.45) is 5.92 Å². The van der Waals surface area contributed by atoms with Crippen LogP contribution in [0.25, 0.3) is 6.08 Å². The molecule has 1 aliphatic heterocycles. The highest BCUT2D eigenvalue weighted by molar-refractivity contribution is 6.02.